The molecule has 0 spiro atoms. The zero-order valence-electron chi connectivity index (χ0n) is 79.7. The molecule has 0 fully saturated rings. The fraction of sp³-hybridized carbons (Fsp3) is 0.571. The van der Waals surface area contributed by atoms with Gasteiger partial charge in [-0.05, 0) is 183 Å². The summed E-state index contributed by atoms with van der Waals surface area (Å²) in [6.45, 7) is 20.1. The van der Waals surface area contributed by atoms with Crippen molar-refractivity contribution >= 4 is 103 Å². The number of fused-ring (bicyclic) bond motifs is 2. The van der Waals surface area contributed by atoms with Crippen LogP contribution in [0.15, 0.2) is 160 Å². The van der Waals surface area contributed by atoms with Crippen LogP contribution in [0.25, 0.3) is 84.8 Å². The lowest BCUT2D eigenvalue weighted by Crippen LogP contribution is -2.34. The van der Waals surface area contributed by atoms with Crippen LogP contribution >= 0.6 is 56.7 Å². The molecular weight excluding hydrogens is 1690 g/mol. The van der Waals surface area contributed by atoms with Crippen LogP contribution in [0.4, 0.5) is 0 Å². The van der Waals surface area contributed by atoms with E-state index in [1.54, 1.807) is 56.7 Å². The highest BCUT2D eigenvalue weighted by molar-refractivity contribution is 7.23. The van der Waals surface area contributed by atoms with Crippen molar-refractivity contribution in [3.8, 4) is 62.1 Å². The minimum absolute atomic E-state index is 0.162. The third kappa shape index (κ3) is 26.3. The highest BCUT2D eigenvalue weighted by atomic mass is 32.1. The topological polar surface area (TPSA) is 134 Å². The Morgan fingerprint density at radius 2 is 0.403 bits per heavy atom. The Balaban J connectivity index is 0.898. The number of furan rings is 4. The van der Waals surface area contributed by atoms with Gasteiger partial charge in [-0.3, -0.25) is 19.2 Å². The normalized spacial score (nSPS) is 15.3. The van der Waals surface area contributed by atoms with Gasteiger partial charge in [-0.1, -0.05) is 324 Å². The summed E-state index contributed by atoms with van der Waals surface area (Å²) in [7, 11) is 0. The number of carbonyl (C=O) groups excluding carboxylic acids is 4. The lowest BCUT2D eigenvalue weighted by Gasteiger charge is -2.29. The van der Waals surface area contributed by atoms with Crippen molar-refractivity contribution in [2.24, 2.45) is 23.7 Å². The summed E-state index contributed by atoms with van der Waals surface area (Å²) in [5, 5.41) is 4.23. The molecule has 0 aromatic carbocycles. The van der Waals surface area contributed by atoms with Crippen LogP contribution in [0.1, 0.15) is 387 Å². The third-order valence-electron chi connectivity index (χ3n) is 27.5. The van der Waals surface area contributed by atoms with Crippen molar-refractivity contribution in [2.45, 2.75) is 364 Å². The van der Waals surface area contributed by atoms with Gasteiger partial charge in [0, 0.05) is 45.7 Å². The van der Waals surface area contributed by atoms with E-state index in [-0.39, 0.29) is 47.3 Å². The minimum Gasteiger partial charge on any atom is -0.454 e. The van der Waals surface area contributed by atoms with Crippen LogP contribution in [0.3, 0.4) is 0 Å². The average Bonchev–Trinajstić information content (AvgIpc) is 1.55. The van der Waals surface area contributed by atoms with Crippen molar-refractivity contribution in [1.29, 1.82) is 0 Å². The molecule has 4 aliphatic heterocycles. The van der Waals surface area contributed by atoms with Crippen LogP contribution in [0.2, 0.25) is 0 Å². The van der Waals surface area contributed by atoms with Gasteiger partial charge in [0.05, 0.1) is 41.8 Å². The molecule has 17 heteroatoms. The first kappa shape index (κ1) is 99.0. The maximum Gasteiger partial charge on any atom is 0.261 e. The summed E-state index contributed by atoms with van der Waals surface area (Å²) in [5.41, 5.74) is 3.92. The molecule has 0 aliphatic carbocycles. The lowest BCUT2D eigenvalue weighted by atomic mass is 9.93. The molecule has 0 saturated heterocycles. The predicted octanol–water partition coefficient (Wildman–Crippen LogP) is 35.3. The van der Waals surface area contributed by atoms with E-state index < -0.39 is 0 Å². The van der Waals surface area contributed by atoms with Crippen molar-refractivity contribution in [3.63, 3.8) is 0 Å². The van der Waals surface area contributed by atoms with Gasteiger partial charge >= 0.3 is 0 Å². The van der Waals surface area contributed by atoms with Crippen molar-refractivity contribution in [2.75, 3.05) is 26.2 Å². The Bertz CT molecular complexity index is 4730. The SMILES string of the molecule is CCCCCCCCC(CCCCCC)CN1C(=O)C2=C(c3ccc(-c4ccc(-c5cccs5)s4)o3)N(CC(CCCCCC)CCCCCCCC)C(=O)C2=C1c1ccc(-c2ccc(-c3ccc(C4=C5C(=O)N(CC(CCCCCC)CCCCCCCC)C(c6ccc(-c7ccc(-c8cccs8)s7)o6)=C5C(=O)N4CC(CCCCCC)CCCCCCCC)o3)s2)o1. The first-order valence-corrected chi connectivity index (χ1v) is 55.7. The summed E-state index contributed by atoms with van der Waals surface area (Å²) in [6.07, 6.45) is 54.9. The Morgan fingerprint density at radius 3 is 0.612 bits per heavy atom. The zero-order chi connectivity index (χ0) is 90.1. The molecule has 4 unspecified atom stereocenters. The van der Waals surface area contributed by atoms with Crippen molar-refractivity contribution in [1.82, 2.24) is 19.6 Å². The van der Waals surface area contributed by atoms with E-state index in [9.17, 15) is 0 Å². The summed E-state index contributed by atoms with van der Waals surface area (Å²) in [6, 6.07) is 37.4. The molecule has 0 saturated carbocycles. The summed E-state index contributed by atoms with van der Waals surface area (Å²) >= 11 is 8.41. The molecule has 0 radical (unpaired) electrons. The standard InChI is InChI=1S/C112H152N4O8S5/c1-9-17-25-33-37-45-55-81(51-41-29-21-13-5)77-113-105(101-103(111(113)119)107(91-67-63-87(123-91)95-71-73-99(128-95)97-59-49-75-125-97)115(109(101)117)79-83(53-43-31-23-15-7)57-47-39-35-27-19-11-3)89-65-61-85(121-89)93-69-70-94(127-93)86-62-66-90(122-86)106-102-104(112(120)114(106)78-82(52-42-30-22-14-6)56-46-38-34-26-18-10-2)108(92-68-64-88(124-92)96-72-74-100(129-96)98-60-50-76-126-98)116(110(102)118)80-84(54-44-32-24-16-8)58-48-40-36-28-20-12-4/h49-50,59-76,81-84H,9-48,51-58,77-80H2,1-8H3. The molecule has 13 heterocycles. The van der Waals surface area contributed by atoms with Gasteiger partial charge < -0.3 is 37.3 Å². The van der Waals surface area contributed by atoms with Crippen molar-refractivity contribution < 1.29 is 36.8 Å². The molecule has 0 N–H and O–H groups in total. The quantitative estimate of drug-likeness (QED) is 0.0344. The highest BCUT2D eigenvalue weighted by Gasteiger charge is 2.53. The molecule has 4 amide bonds. The van der Waals surface area contributed by atoms with Crippen LogP contribution in [0, 0.1) is 23.7 Å². The fourth-order valence-electron chi connectivity index (χ4n) is 20.2. The molecule has 698 valence electrons. The van der Waals surface area contributed by atoms with Gasteiger partial charge in [0.2, 0.25) is 0 Å². The van der Waals surface area contributed by atoms with Crippen molar-refractivity contribution in [3.05, 3.63) is 165 Å². The van der Waals surface area contributed by atoms with Gasteiger partial charge in [-0.15, -0.1) is 56.7 Å². The van der Waals surface area contributed by atoms with Crippen LogP contribution in [0.5, 0.6) is 0 Å². The van der Waals surface area contributed by atoms with E-state index in [4.69, 9.17) is 17.7 Å². The molecule has 4 atom stereocenters. The first-order valence-electron chi connectivity index (χ1n) is 51.4. The van der Waals surface area contributed by atoms with E-state index in [0.29, 0.717) is 117 Å². The second-order valence-electron chi connectivity index (χ2n) is 37.7. The number of nitrogens with zero attached hydrogens (tertiary/aromatic N) is 4. The Kier molecular flexibility index (Phi) is 40.0. The minimum atomic E-state index is -0.162. The van der Waals surface area contributed by atoms with Gasteiger partial charge in [0.25, 0.3) is 23.6 Å². The largest absolute Gasteiger partial charge is 0.454 e. The van der Waals surface area contributed by atoms with E-state index in [0.717, 1.165) is 186 Å². The number of carbonyl (C=O) groups is 4. The molecule has 12 nitrogen and oxygen atoms in total. The van der Waals surface area contributed by atoms with E-state index in [2.05, 4.69) is 127 Å². The Labute approximate surface area is 794 Å². The van der Waals surface area contributed by atoms with Crippen LogP contribution in [-0.4, -0.2) is 69.4 Å². The molecule has 129 heavy (non-hydrogen) atoms. The number of amides is 4. The second kappa shape index (κ2) is 52.2. The molecule has 4 aliphatic rings. The third-order valence-corrected chi connectivity index (χ3v) is 33.0. The number of unbranched alkanes of at least 4 members (excludes halogenated alkanes) is 32. The number of thiophene rings is 5. The van der Waals surface area contributed by atoms with Crippen LogP contribution in [-0.2, 0) is 19.2 Å². The predicted molar refractivity (Wildman–Crippen MR) is 546 cm³/mol. The molecule has 9 aromatic heterocycles. The number of rotatable bonds is 66. The van der Waals surface area contributed by atoms with Gasteiger partial charge in [-0.2, -0.15) is 0 Å². The van der Waals surface area contributed by atoms with E-state index in [1.807, 2.05) is 68.1 Å². The fourth-order valence-corrected chi connectivity index (χ4v) is 24.7. The summed E-state index contributed by atoms with van der Waals surface area (Å²) in [5.74, 6) is 4.93. The molecule has 9 aromatic rings. The molecule has 13 rings (SSSR count). The maximum atomic E-state index is 16.5. The highest BCUT2D eigenvalue weighted by Crippen LogP contribution is 2.54. The lowest BCUT2D eigenvalue weighted by molar-refractivity contribution is -0.124. The number of hydrogen-bond acceptors (Lipinski definition) is 13. The smallest absolute Gasteiger partial charge is 0.261 e. The van der Waals surface area contributed by atoms with E-state index in [1.165, 1.54) is 161 Å². The van der Waals surface area contributed by atoms with Gasteiger partial charge in [-0.25, -0.2) is 0 Å². The monoisotopic (exact) mass is 1840 g/mol. The maximum absolute atomic E-state index is 16.5. The Hall–Kier alpha value is -7.54. The second-order valence-corrected chi connectivity index (χ2v) is 42.9. The average molecular weight is 1840 g/mol. The molecular formula is C112H152N4O8S5. The first-order chi connectivity index (χ1) is 63.4. The summed E-state index contributed by atoms with van der Waals surface area (Å²) < 4.78 is 28.8. The molecule has 0 bridgehead atoms. The summed E-state index contributed by atoms with van der Waals surface area (Å²) in [4.78, 5) is 82.5. The van der Waals surface area contributed by atoms with Crippen LogP contribution < -0.4 is 0 Å². The Morgan fingerprint density at radius 1 is 0.217 bits per heavy atom. The van der Waals surface area contributed by atoms with Gasteiger partial charge in [0.15, 0.2) is 23.0 Å². The van der Waals surface area contributed by atoms with Gasteiger partial charge in [0.1, 0.15) is 45.8 Å². The zero-order valence-corrected chi connectivity index (χ0v) is 83.8. The van der Waals surface area contributed by atoms with E-state index >= 15 is 19.2 Å². The number of hydrogen-bond donors (Lipinski definition) is 0.